The highest BCUT2D eigenvalue weighted by atomic mass is 16.6. The van der Waals surface area contributed by atoms with Crippen LogP contribution in [0, 0.1) is 29.6 Å². The average Bonchev–Trinajstić information content (AvgIpc) is 0.803. The zero-order valence-corrected chi connectivity index (χ0v) is 63.4. The molecule has 0 bridgehead atoms. The Morgan fingerprint density at radius 2 is 0.384 bits per heavy atom. The van der Waals surface area contributed by atoms with E-state index in [2.05, 4.69) is 62.7 Å². The molecule has 0 amide bonds. The Bertz CT molecular complexity index is 3740. The third-order valence-corrected chi connectivity index (χ3v) is 19.6. The molecule has 27 heteroatoms. The molecule has 0 saturated heterocycles. The Labute approximate surface area is 648 Å². The molecule has 4 unspecified atom stereocenters. The van der Waals surface area contributed by atoms with E-state index in [1.807, 2.05) is 48.5 Å². The summed E-state index contributed by atoms with van der Waals surface area (Å²) in [5.41, 5.74) is 4.95. The first-order valence-electron chi connectivity index (χ1n) is 36.4. The Balaban J connectivity index is 0.000000262. The number of esters is 10. The van der Waals surface area contributed by atoms with Gasteiger partial charge < -0.3 is 80.5 Å². The molecule has 0 radical (unpaired) electrons. The molecular formula is C85H92O27. The third-order valence-electron chi connectivity index (χ3n) is 19.6. The summed E-state index contributed by atoms with van der Waals surface area (Å²) in [4.78, 5) is 121. The van der Waals surface area contributed by atoms with E-state index in [0.29, 0.717) is 75.8 Å². The van der Waals surface area contributed by atoms with Gasteiger partial charge in [0.15, 0.2) is 46.2 Å². The first-order chi connectivity index (χ1) is 54.2. The van der Waals surface area contributed by atoms with Gasteiger partial charge in [-0.15, -0.1) is 0 Å². The number of hydrogen-bond acceptors (Lipinski definition) is 27. The van der Waals surface area contributed by atoms with Gasteiger partial charge in [0.25, 0.3) is 0 Å². The van der Waals surface area contributed by atoms with Gasteiger partial charge in [0, 0.05) is 0 Å². The van der Waals surface area contributed by atoms with Crippen LogP contribution in [-0.4, -0.2) is 156 Å². The van der Waals surface area contributed by atoms with Crippen LogP contribution >= 0.6 is 0 Å². The Morgan fingerprint density at radius 3 is 0.554 bits per heavy atom. The van der Waals surface area contributed by atoms with E-state index in [1.165, 1.54) is 145 Å². The zero-order chi connectivity index (χ0) is 79.9. The molecule has 0 aliphatic heterocycles. The van der Waals surface area contributed by atoms with Gasteiger partial charge in [-0.25, -0.2) is 33.6 Å². The molecule has 112 heavy (non-hydrogen) atoms. The lowest BCUT2D eigenvalue weighted by molar-refractivity contribution is -0.151. The van der Waals surface area contributed by atoms with Gasteiger partial charge in [0.1, 0.15) is 57.5 Å². The summed E-state index contributed by atoms with van der Waals surface area (Å²) in [6.07, 6.45) is 7.32. The fourth-order valence-corrected chi connectivity index (χ4v) is 13.9. The fraction of sp³-hybridized carbons (Fsp3) is 0.388. The lowest BCUT2D eigenvalue weighted by atomic mass is 9.64. The maximum atomic E-state index is 13.4. The second kappa shape index (κ2) is 42.7. The normalized spacial score (nSPS) is 18.9. The smallest absolute Gasteiger partial charge is 0.343 e. The highest BCUT2D eigenvalue weighted by Crippen LogP contribution is 2.51. The van der Waals surface area contributed by atoms with E-state index in [9.17, 15) is 47.9 Å². The minimum absolute atomic E-state index is 0.0360. The quantitative estimate of drug-likeness (QED) is 0.0209. The third kappa shape index (κ3) is 26.3. The van der Waals surface area contributed by atoms with Gasteiger partial charge in [-0.1, -0.05) is 48.5 Å². The second-order valence-corrected chi connectivity index (χ2v) is 27.0. The second-order valence-electron chi connectivity index (χ2n) is 27.0. The van der Waals surface area contributed by atoms with Crippen LogP contribution in [0.5, 0.6) is 57.5 Å². The minimum Gasteiger partial charge on any atom is -0.482 e. The number of ether oxygens (including phenoxy) is 17. The Hall–Kier alpha value is -12.2. The number of carbonyl (C=O) groups is 10. The highest BCUT2D eigenvalue weighted by Gasteiger charge is 2.42. The predicted molar refractivity (Wildman–Crippen MR) is 399 cm³/mol. The molecule has 7 aromatic rings. The highest BCUT2D eigenvalue weighted by molar-refractivity contribution is 5.83. The molecule has 3 saturated carbocycles. The standard InChI is InChI=1S/C49H56O12.C36H36O15/c1-54-46(50)28-58-42-13-5-34(6-14-42)38-22-32(23-39(26-38)35-7-15-43(16-8-35)59-29-47(51)55-2)21-33-24-40(36-9-17-44(18-10-36)60-30-48(52)56-3)27-41(25-33)37-11-19-45(20-12-37)61-31-49(53)57-4;1-43-31(37)19-46-25-4-10-28(11-5-25)49-34(40)22-16-23(35(41)50-29-12-6-26(7-13-29)47-20-32(38)44-2)18-24(17-22)36(42)51-30-14-8-27(9-15-30)48-21-33(39)45-3/h5-20,32-33,38-41H,21-31H2,1-4H3;4-15,22-24H,16-21H2,1-3H3. The van der Waals surface area contributed by atoms with Crippen LogP contribution in [0.3, 0.4) is 0 Å². The molecule has 7 aromatic carbocycles. The molecular weight excluding hydrogens is 1450 g/mol. The monoisotopic (exact) mass is 1540 g/mol. The number of carbonyl (C=O) groups excluding carboxylic acids is 10. The van der Waals surface area contributed by atoms with E-state index in [0.717, 1.165) is 44.9 Å². The van der Waals surface area contributed by atoms with Crippen molar-refractivity contribution in [2.45, 2.75) is 87.9 Å². The van der Waals surface area contributed by atoms with Gasteiger partial charge in [-0.05, 0) is 243 Å². The van der Waals surface area contributed by atoms with Crippen molar-refractivity contribution >= 4 is 59.7 Å². The van der Waals surface area contributed by atoms with Crippen molar-refractivity contribution in [2.24, 2.45) is 29.6 Å². The lowest BCUT2D eigenvalue weighted by Gasteiger charge is -2.41. The van der Waals surface area contributed by atoms with E-state index in [-0.39, 0.29) is 82.8 Å². The van der Waals surface area contributed by atoms with Crippen LogP contribution in [0.4, 0.5) is 0 Å². The molecule has 3 aliphatic rings. The molecule has 0 spiro atoms. The summed E-state index contributed by atoms with van der Waals surface area (Å²) in [6, 6.07) is 50.2. The topological polar surface area (TPSA) is 328 Å². The maximum Gasteiger partial charge on any atom is 0.343 e. The minimum atomic E-state index is -0.882. The lowest BCUT2D eigenvalue weighted by Crippen LogP contribution is -2.39. The van der Waals surface area contributed by atoms with Crippen molar-refractivity contribution in [3.63, 3.8) is 0 Å². The van der Waals surface area contributed by atoms with Crippen molar-refractivity contribution in [1.29, 1.82) is 0 Å². The molecule has 3 aliphatic carbocycles. The Morgan fingerprint density at radius 1 is 0.223 bits per heavy atom. The van der Waals surface area contributed by atoms with E-state index in [4.69, 9.17) is 66.3 Å². The summed E-state index contributed by atoms with van der Waals surface area (Å²) in [5, 5.41) is 0. The van der Waals surface area contributed by atoms with E-state index >= 15 is 0 Å². The summed E-state index contributed by atoms with van der Waals surface area (Å²) >= 11 is 0. The summed E-state index contributed by atoms with van der Waals surface area (Å²) in [6.45, 7) is -1.48. The molecule has 0 N–H and O–H groups in total. The van der Waals surface area contributed by atoms with E-state index in [1.54, 1.807) is 0 Å². The van der Waals surface area contributed by atoms with Crippen LogP contribution in [0.15, 0.2) is 170 Å². The van der Waals surface area contributed by atoms with Gasteiger partial charge in [0.2, 0.25) is 0 Å². The predicted octanol–water partition coefficient (Wildman–Crippen LogP) is 11.8. The summed E-state index contributed by atoms with van der Waals surface area (Å²) in [7, 11) is 9.08. The van der Waals surface area contributed by atoms with Crippen LogP contribution in [-0.2, 0) is 81.1 Å². The van der Waals surface area contributed by atoms with Crippen LogP contribution in [0.1, 0.15) is 110 Å². The number of benzene rings is 7. The molecule has 0 aromatic heterocycles. The van der Waals surface area contributed by atoms with Crippen molar-refractivity contribution < 1.29 is 128 Å². The van der Waals surface area contributed by atoms with Crippen LogP contribution in [0.25, 0.3) is 0 Å². The van der Waals surface area contributed by atoms with Crippen molar-refractivity contribution in [3.05, 3.63) is 192 Å². The first kappa shape index (κ1) is 83.9. The molecule has 594 valence electrons. The fourth-order valence-electron chi connectivity index (χ4n) is 13.9. The molecule has 0 heterocycles. The van der Waals surface area contributed by atoms with Gasteiger partial charge in [-0.3, -0.25) is 14.4 Å². The first-order valence-corrected chi connectivity index (χ1v) is 36.4. The van der Waals surface area contributed by atoms with Crippen molar-refractivity contribution in [3.8, 4) is 57.5 Å². The molecule has 4 atom stereocenters. The Kier molecular flexibility index (Phi) is 32.0. The van der Waals surface area contributed by atoms with Crippen LogP contribution < -0.4 is 47.4 Å². The number of hydrogen-bond donors (Lipinski definition) is 0. The molecule has 27 nitrogen and oxygen atoms in total. The largest absolute Gasteiger partial charge is 0.482 e. The SMILES string of the molecule is COC(=O)COc1ccc(C2CC(CC3CC(c4ccc(OCC(=O)OC)cc4)CC(c4ccc(OCC(=O)OC)cc4)C3)CC(c3ccc(OCC(=O)OC)cc3)C2)cc1.COC(=O)COc1ccc(OC(=O)C2CC(C(=O)Oc3ccc(OCC(=O)OC)cc3)CC(C(=O)Oc3ccc(OCC(=O)OC)cc3)C2)cc1. The zero-order valence-electron chi connectivity index (χ0n) is 63.4. The van der Waals surface area contributed by atoms with Gasteiger partial charge in [0.05, 0.1) is 67.5 Å². The molecule has 10 rings (SSSR count). The van der Waals surface area contributed by atoms with Crippen LogP contribution in [0.2, 0.25) is 0 Å². The van der Waals surface area contributed by atoms with Gasteiger partial charge >= 0.3 is 59.7 Å². The average molecular weight is 1550 g/mol. The number of rotatable bonds is 33. The van der Waals surface area contributed by atoms with Gasteiger partial charge in [-0.2, -0.15) is 0 Å². The summed E-state index contributed by atoms with van der Waals surface area (Å²) < 4.78 is 87.9. The maximum absolute atomic E-state index is 13.4. The number of methoxy groups -OCH3 is 7. The molecule has 3 fully saturated rings. The van der Waals surface area contributed by atoms with E-state index < -0.39 is 77.4 Å². The van der Waals surface area contributed by atoms with Crippen molar-refractivity contribution in [1.82, 2.24) is 0 Å². The summed E-state index contributed by atoms with van der Waals surface area (Å²) in [5.74, 6) is -1.94. The van der Waals surface area contributed by atoms with Crippen molar-refractivity contribution in [2.75, 3.05) is 96.0 Å².